The van der Waals surface area contributed by atoms with Crippen LogP contribution in [0.1, 0.15) is 51.6 Å². The van der Waals surface area contributed by atoms with Crippen LogP contribution in [0, 0.1) is 11.6 Å². The molecule has 4 rings (SSSR count). The van der Waals surface area contributed by atoms with E-state index < -0.39 is 53.5 Å². The predicted octanol–water partition coefficient (Wildman–Crippen LogP) is 4.65. The van der Waals surface area contributed by atoms with Crippen LogP contribution in [0.15, 0.2) is 12.1 Å². The lowest BCUT2D eigenvalue weighted by atomic mass is 9.85. The quantitative estimate of drug-likeness (QED) is 0.630. The van der Waals surface area contributed by atoms with Crippen molar-refractivity contribution in [2.75, 3.05) is 26.2 Å². The number of fused-ring (bicyclic) bond motifs is 1. The van der Waals surface area contributed by atoms with Crippen molar-refractivity contribution >= 4 is 5.91 Å². The fourth-order valence-corrected chi connectivity index (χ4v) is 4.67. The number of carbonyl (C=O) groups excluding carboxylic acids is 1. The van der Waals surface area contributed by atoms with Gasteiger partial charge in [-0.3, -0.25) is 14.8 Å². The van der Waals surface area contributed by atoms with Gasteiger partial charge < -0.3 is 4.90 Å². The molecule has 1 N–H and O–H groups in total. The molecule has 0 bridgehead atoms. The van der Waals surface area contributed by atoms with Gasteiger partial charge in [-0.2, -0.15) is 31.4 Å². The number of hydrogen-bond donors (Lipinski definition) is 1. The topological polar surface area (TPSA) is 52.2 Å². The van der Waals surface area contributed by atoms with E-state index in [1.807, 2.05) is 0 Å². The normalized spacial score (nSPS) is 18.3. The summed E-state index contributed by atoms with van der Waals surface area (Å²) in [6.07, 6.45) is -9.07. The number of likely N-dealkylation sites (tertiary alicyclic amines) is 1. The number of aromatic nitrogens is 2. The molecule has 3 heterocycles. The third kappa shape index (κ3) is 5.03. The van der Waals surface area contributed by atoms with Crippen LogP contribution in [0.25, 0.3) is 0 Å². The van der Waals surface area contributed by atoms with E-state index in [-0.39, 0.29) is 57.2 Å². The number of nitrogens with one attached hydrogen (secondary N) is 1. The Labute approximate surface area is 188 Å². The zero-order valence-electron chi connectivity index (χ0n) is 17.7. The Bertz CT molecular complexity index is 1070. The van der Waals surface area contributed by atoms with Gasteiger partial charge in [0.05, 0.1) is 12.1 Å². The number of piperidine rings is 1. The first-order valence-electron chi connectivity index (χ1n) is 10.5. The van der Waals surface area contributed by atoms with Gasteiger partial charge >= 0.3 is 12.4 Å². The summed E-state index contributed by atoms with van der Waals surface area (Å²) >= 11 is 0. The van der Waals surface area contributed by atoms with Crippen molar-refractivity contribution in [3.05, 3.63) is 51.8 Å². The SMILES string of the molecule is O=C(c1n[nH]c2c1CN(CC(F)(F)F)CC2)N1CCC(c2cc(F)cc(F)c2C(F)(F)F)CC1. The van der Waals surface area contributed by atoms with Crippen molar-refractivity contribution in [1.82, 2.24) is 20.0 Å². The van der Waals surface area contributed by atoms with Crippen LogP contribution in [-0.4, -0.2) is 58.3 Å². The van der Waals surface area contributed by atoms with E-state index in [2.05, 4.69) is 10.2 Å². The fraction of sp³-hybridized carbons (Fsp3) is 0.524. The highest BCUT2D eigenvalue weighted by Gasteiger charge is 2.40. The van der Waals surface area contributed by atoms with Gasteiger partial charge in [-0.1, -0.05) is 0 Å². The molecule has 13 heteroatoms. The molecule has 2 aliphatic rings. The number of H-pyrrole nitrogens is 1. The van der Waals surface area contributed by atoms with Crippen molar-refractivity contribution in [3.8, 4) is 0 Å². The number of nitrogens with zero attached hydrogens (tertiary/aromatic N) is 3. The number of hydrogen-bond acceptors (Lipinski definition) is 3. The molecule has 1 aromatic heterocycles. The summed E-state index contributed by atoms with van der Waals surface area (Å²) in [5.74, 6) is -4.18. The molecule has 2 aromatic rings. The van der Waals surface area contributed by atoms with E-state index in [9.17, 15) is 39.9 Å². The maximum Gasteiger partial charge on any atom is 0.419 e. The van der Waals surface area contributed by atoms with Gasteiger partial charge in [0.15, 0.2) is 5.69 Å². The molecular formula is C21H20F8N4O. The summed E-state index contributed by atoms with van der Waals surface area (Å²) in [6.45, 7) is -1.07. The second-order valence-electron chi connectivity index (χ2n) is 8.52. The Morgan fingerprint density at radius 3 is 2.35 bits per heavy atom. The highest BCUT2D eigenvalue weighted by atomic mass is 19.4. The van der Waals surface area contributed by atoms with E-state index in [1.54, 1.807) is 0 Å². The van der Waals surface area contributed by atoms with Crippen LogP contribution >= 0.6 is 0 Å². The molecule has 2 aliphatic heterocycles. The van der Waals surface area contributed by atoms with Crippen molar-refractivity contribution in [1.29, 1.82) is 0 Å². The minimum absolute atomic E-state index is 0.00677. The Morgan fingerprint density at radius 2 is 1.74 bits per heavy atom. The molecular weight excluding hydrogens is 476 g/mol. The van der Waals surface area contributed by atoms with Crippen LogP contribution in [0.5, 0.6) is 0 Å². The molecule has 5 nitrogen and oxygen atoms in total. The zero-order valence-corrected chi connectivity index (χ0v) is 17.7. The van der Waals surface area contributed by atoms with Crippen molar-refractivity contribution in [2.24, 2.45) is 0 Å². The van der Waals surface area contributed by atoms with Crippen LogP contribution in [-0.2, 0) is 19.1 Å². The van der Waals surface area contributed by atoms with Gasteiger partial charge in [-0.15, -0.1) is 0 Å². The molecule has 1 saturated heterocycles. The van der Waals surface area contributed by atoms with Crippen molar-refractivity contribution in [2.45, 2.75) is 44.1 Å². The molecule has 0 radical (unpaired) electrons. The number of aromatic amines is 1. The summed E-state index contributed by atoms with van der Waals surface area (Å²) in [7, 11) is 0. The molecule has 0 aliphatic carbocycles. The number of benzene rings is 1. The van der Waals surface area contributed by atoms with Gasteiger partial charge in [0.1, 0.15) is 11.6 Å². The van der Waals surface area contributed by atoms with Crippen molar-refractivity contribution in [3.63, 3.8) is 0 Å². The number of amides is 1. The maximum absolute atomic E-state index is 13.9. The minimum Gasteiger partial charge on any atom is -0.337 e. The highest BCUT2D eigenvalue weighted by molar-refractivity contribution is 5.94. The highest BCUT2D eigenvalue weighted by Crippen LogP contribution is 2.41. The van der Waals surface area contributed by atoms with Gasteiger partial charge in [-0.05, 0) is 30.4 Å². The smallest absolute Gasteiger partial charge is 0.337 e. The monoisotopic (exact) mass is 496 g/mol. The number of alkyl halides is 6. The number of halogens is 8. The Kier molecular flexibility index (Phi) is 6.34. The van der Waals surface area contributed by atoms with Gasteiger partial charge in [0.2, 0.25) is 0 Å². The average Bonchev–Trinajstić information content (AvgIpc) is 3.13. The van der Waals surface area contributed by atoms with E-state index in [0.717, 1.165) is 4.90 Å². The van der Waals surface area contributed by atoms with Gasteiger partial charge in [-0.25, -0.2) is 8.78 Å². The number of carbonyl (C=O) groups is 1. The molecule has 0 atom stereocenters. The van der Waals surface area contributed by atoms with Gasteiger partial charge in [0, 0.05) is 49.9 Å². The lowest BCUT2D eigenvalue weighted by Gasteiger charge is -2.33. The first-order chi connectivity index (χ1) is 15.8. The summed E-state index contributed by atoms with van der Waals surface area (Å²) in [5.41, 5.74) is -1.08. The molecule has 1 fully saturated rings. The number of rotatable bonds is 3. The first-order valence-corrected chi connectivity index (χ1v) is 10.5. The molecule has 1 aromatic carbocycles. The van der Waals surface area contributed by atoms with E-state index in [0.29, 0.717) is 17.3 Å². The fourth-order valence-electron chi connectivity index (χ4n) is 4.67. The average molecular weight is 496 g/mol. The third-order valence-electron chi connectivity index (χ3n) is 6.21. The van der Waals surface area contributed by atoms with Crippen LogP contribution in [0.2, 0.25) is 0 Å². The summed E-state index contributed by atoms with van der Waals surface area (Å²) in [4.78, 5) is 15.5. The van der Waals surface area contributed by atoms with Crippen LogP contribution < -0.4 is 0 Å². The standard InChI is InChI=1S/C21H20F8N4O/c22-12-7-13(17(15(23)8-12)21(27,28)29)11-1-5-33(6-2-11)19(34)18-14-9-32(10-20(24,25)26)4-3-16(14)30-31-18/h7-8,11H,1-6,9-10H2,(H,30,31). The molecule has 1 amide bonds. The maximum atomic E-state index is 13.9. The van der Waals surface area contributed by atoms with E-state index in [4.69, 9.17) is 0 Å². The van der Waals surface area contributed by atoms with E-state index >= 15 is 0 Å². The van der Waals surface area contributed by atoms with E-state index in [1.165, 1.54) is 4.90 Å². The summed E-state index contributed by atoms with van der Waals surface area (Å²) in [6, 6.07) is 0.862. The predicted molar refractivity (Wildman–Crippen MR) is 103 cm³/mol. The molecule has 186 valence electrons. The first kappa shape index (κ1) is 24.4. The summed E-state index contributed by atoms with van der Waals surface area (Å²) in [5, 5.41) is 6.67. The second kappa shape index (κ2) is 8.82. The largest absolute Gasteiger partial charge is 0.419 e. The zero-order chi connectivity index (χ0) is 24.8. The van der Waals surface area contributed by atoms with Gasteiger partial charge in [0.25, 0.3) is 5.91 Å². The lowest BCUT2D eigenvalue weighted by Crippen LogP contribution is -2.40. The second-order valence-corrected chi connectivity index (χ2v) is 8.52. The molecule has 34 heavy (non-hydrogen) atoms. The molecule has 0 spiro atoms. The van der Waals surface area contributed by atoms with Crippen molar-refractivity contribution < 1.29 is 39.9 Å². The molecule has 0 saturated carbocycles. The Hall–Kier alpha value is -2.70. The Balaban J connectivity index is 1.48. The van der Waals surface area contributed by atoms with Crippen LogP contribution in [0.4, 0.5) is 35.1 Å². The van der Waals surface area contributed by atoms with Crippen LogP contribution in [0.3, 0.4) is 0 Å². The minimum atomic E-state index is -5.00. The summed E-state index contributed by atoms with van der Waals surface area (Å²) < 4.78 is 106. The lowest BCUT2D eigenvalue weighted by molar-refractivity contribution is -0.147. The molecule has 0 unspecified atom stereocenters. The third-order valence-corrected chi connectivity index (χ3v) is 6.21. The Morgan fingerprint density at radius 1 is 1.06 bits per heavy atom.